The first-order valence-electron chi connectivity index (χ1n) is 6.94. The largest absolute Gasteiger partial charge is 0.506 e. The zero-order valence-electron chi connectivity index (χ0n) is 11.8. The van der Waals surface area contributed by atoms with Crippen LogP contribution in [0.3, 0.4) is 0 Å². The van der Waals surface area contributed by atoms with Gasteiger partial charge in [0.25, 0.3) is 5.91 Å². The zero-order valence-corrected chi connectivity index (χ0v) is 12.6. The number of rotatable bonds is 2. The second-order valence-electron chi connectivity index (χ2n) is 5.01. The predicted molar refractivity (Wildman–Crippen MR) is 83.3 cm³/mol. The first-order chi connectivity index (χ1) is 10.6. The summed E-state index contributed by atoms with van der Waals surface area (Å²) in [6, 6.07) is 4.51. The first-order valence-corrected chi connectivity index (χ1v) is 7.32. The number of phenols is 1. The van der Waals surface area contributed by atoms with E-state index in [9.17, 15) is 9.90 Å². The van der Waals surface area contributed by atoms with Gasteiger partial charge in [-0.3, -0.25) is 9.78 Å². The SMILES string of the molecule is O=C(c1ccc(O)c(Cl)c1)N1CCN(c2cnccn2)CC1. The number of carbonyl (C=O) groups is 1. The molecule has 0 radical (unpaired) electrons. The van der Waals surface area contributed by atoms with E-state index < -0.39 is 0 Å². The molecule has 1 N–H and O–H groups in total. The van der Waals surface area contributed by atoms with E-state index in [1.165, 1.54) is 12.1 Å². The van der Waals surface area contributed by atoms with Crippen LogP contribution in [0.25, 0.3) is 0 Å². The Balaban J connectivity index is 1.66. The predicted octanol–water partition coefficient (Wildman–Crippen LogP) is 1.80. The highest BCUT2D eigenvalue weighted by molar-refractivity contribution is 6.32. The molecule has 114 valence electrons. The minimum atomic E-state index is -0.0827. The Kier molecular flexibility index (Phi) is 4.11. The Morgan fingerprint density at radius 1 is 1.18 bits per heavy atom. The lowest BCUT2D eigenvalue weighted by molar-refractivity contribution is 0.0746. The van der Waals surface area contributed by atoms with E-state index in [0.717, 1.165) is 5.82 Å². The molecule has 1 aliphatic heterocycles. The number of carbonyl (C=O) groups excluding carboxylic acids is 1. The third-order valence-corrected chi connectivity index (χ3v) is 3.94. The molecule has 1 amide bonds. The van der Waals surface area contributed by atoms with E-state index in [4.69, 9.17) is 11.6 Å². The third-order valence-electron chi connectivity index (χ3n) is 3.64. The maximum Gasteiger partial charge on any atom is 0.254 e. The molecule has 2 heterocycles. The Morgan fingerprint density at radius 2 is 1.95 bits per heavy atom. The van der Waals surface area contributed by atoms with E-state index in [1.807, 2.05) is 0 Å². The molecule has 0 bridgehead atoms. The van der Waals surface area contributed by atoms with Crippen LogP contribution in [0, 0.1) is 0 Å². The van der Waals surface area contributed by atoms with Gasteiger partial charge in [-0.25, -0.2) is 4.98 Å². The maximum atomic E-state index is 12.4. The fourth-order valence-corrected chi connectivity index (χ4v) is 2.60. The van der Waals surface area contributed by atoms with E-state index in [-0.39, 0.29) is 16.7 Å². The van der Waals surface area contributed by atoms with Crippen molar-refractivity contribution in [1.82, 2.24) is 14.9 Å². The number of anilines is 1. The average molecular weight is 319 g/mol. The van der Waals surface area contributed by atoms with Crippen LogP contribution in [-0.2, 0) is 0 Å². The lowest BCUT2D eigenvalue weighted by Gasteiger charge is -2.35. The summed E-state index contributed by atoms with van der Waals surface area (Å²) in [6.07, 6.45) is 5.01. The zero-order chi connectivity index (χ0) is 15.5. The van der Waals surface area contributed by atoms with Gasteiger partial charge in [0.2, 0.25) is 0 Å². The normalized spacial score (nSPS) is 15.0. The van der Waals surface area contributed by atoms with Crippen molar-refractivity contribution in [3.8, 4) is 5.75 Å². The molecule has 1 saturated heterocycles. The van der Waals surface area contributed by atoms with Gasteiger partial charge in [-0.15, -0.1) is 0 Å². The van der Waals surface area contributed by atoms with Gasteiger partial charge in [-0.1, -0.05) is 11.6 Å². The smallest absolute Gasteiger partial charge is 0.254 e. The van der Waals surface area contributed by atoms with Crippen molar-refractivity contribution < 1.29 is 9.90 Å². The molecule has 0 atom stereocenters. The van der Waals surface area contributed by atoms with Crippen molar-refractivity contribution in [2.75, 3.05) is 31.1 Å². The summed E-state index contributed by atoms with van der Waals surface area (Å²) in [6.45, 7) is 2.62. The molecular weight excluding hydrogens is 304 g/mol. The fourth-order valence-electron chi connectivity index (χ4n) is 2.42. The van der Waals surface area contributed by atoms with Crippen LogP contribution in [0.1, 0.15) is 10.4 Å². The average Bonchev–Trinajstić information content (AvgIpc) is 2.58. The van der Waals surface area contributed by atoms with E-state index >= 15 is 0 Å². The molecule has 1 aromatic heterocycles. The number of halogens is 1. The van der Waals surface area contributed by atoms with Crippen LogP contribution >= 0.6 is 11.6 Å². The second kappa shape index (κ2) is 6.19. The summed E-state index contributed by atoms with van der Waals surface area (Å²) in [5.74, 6) is 0.716. The van der Waals surface area contributed by atoms with Crippen LogP contribution in [0.2, 0.25) is 5.02 Å². The number of aromatic hydroxyl groups is 1. The molecule has 7 heteroatoms. The molecule has 0 unspecified atom stereocenters. The Morgan fingerprint density at radius 3 is 2.59 bits per heavy atom. The molecule has 2 aromatic rings. The molecule has 6 nitrogen and oxygen atoms in total. The highest BCUT2D eigenvalue weighted by Gasteiger charge is 2.23. The maximum absolute atomic E-state index is 12.4. The fraction of sp³-hybridized carbons (Fsp3) is 0.267. The molecule has 1 aliphatic rings. The number of phenolic OH excluding ortho intramolecular Hbond substituents is 1. The molecule has 0 saturated carbocycles. The summed E-state index contributed by atoms with van der Waals surface area (Å²) >= 11 is 5.86. The van der Waals surface area contributed by atoms with Crippen LogP contribution in [-0.4, -0.2) is 52.1 Å². The number of piperazine rings is 1. The number of benzene rings is 1. The van der Waals surface area contributed by atoms with E-state index in [2.05, 4.69) is 14.9 Å². The molecule has 0 aliphatic carbocycles. The summed E-state index contributed by atoms with van der Waals surface area (Å²) in [4.78, 5) is 24.6. The minimum Gasteiger partial charge on any atom is -0.506 e. The third kappa shape index (κ3) is 2.96. The van der Waals surface area contributed by atoms with E-state index in [0.29, 0.717) is 31.7 Å². The van der Waals surface area contributed by atoms with Crippen molar-refractivity contribution in [3.63, 3.8) is 0 Å². The number of aromatic nitrogens is 2. The molecule has 3 rings (SSSR count). The minimum absolute atomic E-state index is 0.0225. The second-order valence-corrected chi connectivity index (χ2v) is 5.42. The number of amides is 1. The molecule has 22 heavy (non-hydrogen) atoms. The van der Waals surface area contributed by atoms with Crippen molar-refractivity contribution in [2.45, 2.75) is 0 Å². The standard InChI is InChI=1S/C15H15ClN4O2/c16-12-9-11(1-2-13(12)21)15(22)20-7-5-19(6-8-20)14-10-17-3-4-18-14/h1-4,9-10,21H,5-8H2. The summed E-state index contributed by atoms with van der Waals surface area (Å²) < 4.78 is 0. The van der Waals surface area contributed by atoms with Gasteiger partial charge in [0.15, 0.2) is 0 Å². The molecule has 0 spiro atoms. The van der Waals surface area contributed by atoms with Crippen LogP contribution in [0.5, 0.6) is 5.75 Å². The van der Waals surface area contributed by atoms with Crippen LogP contribution in [0.15, 0.2) is 36.8 Å². The lowest BCUT2D eigenvalue weighted by atomic mass is 10.1. The summed E-state index contributed by atoms with van der Waals surface area (Å²) in [5.41, 5.74) is 0.482. The van der Waals surface area contributed by atoms with E-state index in [1.54, 1.807) is 29.6 Å². The molecular formula is C15H15ClN4O2. The van der Waals surface area contributed by atoms with Gasteiger partial charge in [0, 0.05) is 44.1 Å². The molecule has 1 aromatic carbocycles. The number of hydrogen-bond donors (Lipinski definition) is 1. The van der Waals surface area contributed by atoms with Gasteiger partial charge in [-0.2, -0.15) is 0 Å². The Labute approximate surface area is 133 Å². The van der Waals surface area contributed by atoms with Crippen molar-refractivity contribution >= 4 is 23.3 Å². The highest BCUT2D eigenvalue weighted by Crippen LogP contribution is 2.24. The topological polar surface area (TPSA) is 69.6 Å². The monoisotopic (exact) mass is 318 g/mol. The number of nitrogens with zero attached hydrogens (tertiary/aromatic N) is 4. The first kappa shape index (κ1) is 14.6. The van der Waals surface area contributed by atoms with Crippen LogP contribution < -0.4 is 4.90 Å². The van der Waals surface area contributed by atoms with Gasteiger partial charge in [0.1, 0.15) is 11.6 Å². The van der Waals surface area contributed by atoms with Crippen molar-refractivity contribution in [1.29, 1.82) is 0 Å². The highest BCUT2D eigenvalue weighted by atomic mass is 35.5. The van der Waals surface area contributed by atoms with Gasteiger partial charge >= 0.3 is 0 Å². The Bertz CT molecular complexity index is 672. The quantitative estimate of drug-likeness (QED) is 0.914. The van der Waals surface area contributed by atoms with Gasteiger partial charge < -0.3 is 14.9 Å². The number of hydrogen-bond acceptors (Lipinski definition) is 5. The van der Waals surface area contributed by atoms with Gasteiger partial charge in [-0.05, 0) is 18.2 Å². The summed E-state index contributed by atoms with van der Waals surface area (Å²) in [5, 5.41) is 9.60. The van der Waals surface area contributed by atoms with Crippen LogP contribution in [0.4, 0.5) is 5.82 Å². The molecule has 1 fully saturated rings. The van der Waals surface area contributed by atoms with Crippen molar-refractivity contribution in [3.05, 3.63) is 47.4 Å². The summed E-state index contributed by atoms with van der Waals surface area (Å²) in [7, 11) is 0. The van der Waals surface area contributed by atoms with Gasteiger partial charge in [0.05, 0.1) is 11.2 Å². The lowest BCUT2D eigenvalue weighted by Crippen LogP contribution is -2.49. The van der Waals surface area contributed by atoms with Crippen molar-refractivity contribution in [2.24, 2.45) is 0 Å². The Hall–Kier alpha value is -2.34.